The second-order valence-electron chi connectivity index (χ2n) is 11.7. The van der Waals surface area contributed by atoms with Crippen molar-refractivity contribution in [3.63, 3.8) is 0 Å². The second kappa shape index (κ2) is 12.1. The Kier molecular flexibility index (Phi) is 9.22. The number of nitrogens with zero attached hydrogens (tertiary/aromatic N) is 2. The molecule has 216 valence electrons. The molecule has 11 heteroatoms. The van der Waals surface area contributed by atoms with Crippen LogP contribution in [0.4, 0.5) is 13.2 Å². The van der Waals surface area contributed by atoms with Gasteiger partial charge in [-0.1, -0.05) is 19.3 Å². The Bertz CT molecular complexity index is 1190. The fraction of sp³-hybridized carbons (Fsp3) is 0.643. The molecule has 2 N–H and O–H groups in total. The molecule has 0 spiro atoms. The molecule has 0 aromatic carbocycles. The molecular formula is C28H39F3N4O3S. The van der Waals surface area contributed by atoms with Crippen LogP contribution < -0.4 is 10.0 Å². The molecule has 2 fully saturated rings. The monoisotopic (exact) mass is 568 g/mol. The van der Waals surface area contributed by atoms with Gasteiger partial charge in [0.1, 0.15) is 11.0 Å². The van der Waals surface area contributed by atoms with E-state index in [-0.39, 0.29) is 17.5 Å². The number of halogens is 3. The SMILES string of the molecule is Cc1c(C(=O)NC2CCOCC2)cc(-c2cnc(S(=O)NC(C)(C)C)c(C(F)(F)F)c2)n1CC1CCCCC1. The summed E-state index contributed by atoms with van der Waals surface area (Å²) in [5.74, 6) is 0.145. The lowest BCUT2D eigenvalue weighted by Crippen LogP contribution is -2.39. The van der Waals surface area contributed by atoms with Gasteiger partial charge in [0.15, 0.2) is 5.03 Å². The average Bonchev–Trinajstić information content (AvgIpc) is 3.19. The first kappa shape index (κ1) is 29.7. The van der Waals surface area contributed by atoms with Gasteiger partial charge in [-0.25, -0.2) is 13.9 Å². The molecule has 1 saturated heterocycles. The van der Waals surface area contributed by atoms with Crippen LogP contribution in [0.15, 0.2) is 23.4 Å². The summed E-state index contributed by atoms with van der Waals surface area (Å²) in [6.07, 6.45) is 3.54. The maximum atomic E-state index is 14.2. The zero-order chi connectivity index (χ0) is 28.4. The predicted molar refractivity (Wildman–Crippen MR) is 145 cm³/mol. The number of hydrogen-bond acceptors (Lipinski definition) is 4. The van der Waals surface area contributed by atoms with Gasteiger partial charge in [-0.3, -0.25) is 4.79 Å². The van der Waals surface area contributed by atoms with Gasteiger partial charge in [0, 0.05) is 48.8 Å². The molecule has 1 aliphatic carbocycles. The fourth-order valence-corrected chi connectivity index (χ4v) is 6.53. The largest absolute Gasteiger partial charge is 0.419 e. The maximum Gasteiger partial charge on any atom is 0.419 e. The van der Waals surface area contributed by atoms with Gasteiger partial charge in [-0.05, 0) is 71.4 Å². The molecule has 0 bridgehead atoms. The number of carbonyl (C=O) groups excluding carboxylic acids is 1. The van der Waals surface area contributed by atoms with Crippen molar-refractivity contribution in [3.05, 3.63) is 35.2 Å². The predicted octanol–water partition coefficient (Wildman–Crippen LogP) is 5.78. The smallest absolute Gasteiger partial charge is 0.381 e. The lowest BCUT2D eigenvalue weighted by atomic mass is 9.89. The van der Waals surface area contributed by atoms with E-state index >= 15 is 0 Å². The van der Waals surface area contributed by atoms with Crippen molar-refractivity contribution in [2.45, 2.75) is 102 Å². The van der Waals surface area contributed by atoms with E-state index in [0.717, 1.165) is 50.3 Å². The summed E-state index contributed by atoms with van der Waals surface area (Å²) in [5, 5.41) is 2.52. The van der Waals surface area contributed by atoms with E-state index in [9.17, 15) is 22.2 Å². The minimum absolute atomic E-state index is 0.00104. The Labute approximate surface area is 230 Å². The van der Waals surface area contributed by atoms with Crippen LogP contribution in [0.5, 0.6) is 0 Å². The molecule has 39 heavy (non-hydrogen) atoms. The number of hydrogen-bond donors (Lipinski definition) is 2. The minimum Gasteiger partial charge on any atom is -0.381 e. The van der Waals surface area contributed by atoms with Crippen molar-refractivity contribution in [2.75, 3.05) is 13.2 Å². The van der Waals surface area contributed by atoms with Gasteiger partial charge < -0.3 is 14.6 Å². The van der Waals surface area contributed by atoms with Crippen molar-refractivity contribution in [2.24, 2.45) is 5.92 Å². The zero-order valence-electron chi connectivity index (χ0n) is 23.1. The lowest BCUT2D eigenvalue weighted by Gasteiger charge is -2.25. The number of pyridine rings is 1. The Hall–Kier alpha value is -2.24. The van der Waals surface area contributed by atoms with Gasteiger partial charge in [0.25, 0.3) is 5.91 Å². The third kappa shape index (κ3) is 7.49. The van der Waals surface area contributed by atoms with Gasteiger partial charge in [0.2, 0.25) is 0 Å². The van der Waals surface area contributed by atoms with Crippen molar-refractivity contribution >= 4 is 16.9 Å². The Balaban J connectivity index is 1.75. The van der Waals surface area contributed by atoms with Crippen LogP contribution >= 0.6 is 0 Å². The lowest BCUT2D eigenvalue weighted by molar-refractivity contribution is -0.140. The van der Waals surface area contributed by atoms with E-state index in [0.29, 0.717) is 36.9 Å². The fourth-order valence-electron chi connectivity index (χ4n) is 5.35. The van der Waals surface area contributed by atoms with Gasteiger partial charge in [0.05, 0.1) is 16.8 Å². The first-order valence-corrected chi connectivity index (χ1v) is 14.8. The highest BCUT2D eigenvalue weighted by Gasteiger charge is 2.37. The highest BCUT2D eigenvalue weighted by Crippen LogP contribution is 2.37. The van der Waals surface area contributed by atoms with E-state index in [4.69, 9.17) is 4.74 Å². The van der Waals surface area contributed by atoms with E-state index in [2.05, 4.69) is 15.0 Å². The van der Waals surface area contributed by atoms with E-state index in [1.54, 1.807) is 26.8 Å². The molecule has 2 aromatic heterocycles. The molecule has 2 aromatic rings. The third-order valence-corrected chi connectivity index (χ3v) is 8.83. The first-order chi connectivity index (χ1) is 18.3. The molecular weight excluding hydrogens is 529 g/mol. The summed E-state index contributed by atoms with van der Waals surface area (Å²) in [5.41, 5.74) is 0.189. The summed E-state index contributed by atoms with van der Waals surface area (Å²) in [6, 6.07) is 2.68. The molecule has 1 unspecified atom stereocenters. The van der Waals surface area contributed by atoms with Gasteiger partial charge in [-0.2, -0.15) is 13.2 Å². The van der Waals surface area contributed by atoms with Crippen LogP contribution in [-0.4, -0.2) is 44.5 Å². The highest BCUT2D eigenvalue weighted by atomic mass is 32.2. The van der Waals surface area contributed by atoms with Crippen LogP contribution in [-0.2, 0) is 28.4 Å². The molecule has 7 nitrogen and oxygen atoms in total. The van der Waals surface area contributed by atoms with E-state index in [1.807, 2.05) is 11.5 Å². The Morgan fingerprint density at radius 1 is 1.10 bits per heavy atom. The summed E-state index contributed by atoms with van der Waals surface area (Å²) in [6.45, 7) is 8.80. The summed E-state index contributed by atoms with van der Waals surface area (Å²) in [4.78, 5) is 17.4. The summed E-state index contributed by atoms with van der Waals surface area (Å²) >= 11 is 0. The number of aromatic nitrogens is 2. The molecule has 3 heterocycles. The van der Waals surface area contributed by atoms with Gasteiger partial charge in [-0.15, -0.1) is 0 Å². The number of carbonyl (C=O) groups is 1. The maximum absolute atomic E-state index is 14.2. The molecule has 1 saturated carbocycles. The van der Waals surface area contributed by atoms with Crippen LogP contribution in [0.2, 0.25) is 0 Å². The molecule has 1 aliphatic heterocycles. The minimum atomic E-state index is -4.76. The average molecular weight is 569 g/mol. The van der Waals surface area contributed by atoms with Crippen LogP contribution in [0.1, 0.15) is 87.3 Å². The first-order valence-electron chi connectivity index (χ1n) is 13.7. The van der Waals surface area contributed by atoms with Crippen molar-refractivity contribution in [1.82, 2.24) is 19.6 Å². The van der Waals surface area contributed by atoms with Crippen molar-refractivity contribution in [3.8, 4) is 11.3 Å². The van der Waals surface area contributed by atoms with Crippen molar-refractivity contribution < 1.29 is 26.9 Å². The Morgan fingerprint density at radius 3 is 2.38 bits per heavy atom. The van der Waals surface area contributed by atoms with Gasteiger partial charge >= 0.3 is 6.18 Å². The number of nitrogens with one attached hydrogen (secondary N) is 2. The molecule has 4 rings (SSSR count). The second-order valence-corrected chi connectivity index (χ2v) is 12.8. The normalized spacial score (nSPS) is 18.7. The number of alkyl halides is 3. The summed E-state index contributed by atoms with van der Waals surface area (Å²) in [7, 11) is -2.16. The van der Waals surface area contributed by atoms with E-state index in [1.165, 1.54) is 12.6 Å². The summed E-state index contributed by atoms with van der Waals surface area (Å²) < 4.78 is 65.5. The standard InChI is InChI=1S/C28H39F3N4O3S/c1-18-22(25(36)33-21-10-12-38-13-11-21)15-24(35(18)17-19-8-6-5-7-9-19)20-14-23(28(29,30)31)26(32-16-20)39(37)34-27(2,3)4/h14-16,19,21,34H,5-13,17H2,1-4H3,(H,33,36). The van der Waals surface area contributed by atoms with E-state index < -0.39 is 33.3 Å². The molecule has 1 atom stereocenters. The molecule has 2 aliphatic rings. The quantitative estimate of drug-likeness (QED) is 0.444. The topological polar surface area (TPSA) is 85.2 Å². The molecule has 1 amide bonds. The highest BCUT2D eigenvalue weighted by molar-refractivity contribution is 7.83. The van der Waals surface area contributed by atoms with Crippen molar-refractivity contribution in [1.29, 1.82) is 0 Å². The van der Waals surface area contributed by atoms with Crippen LogP contribution in [0.25, 0.3) is 11.3 Å². The third-order valence-electron chi connectivity index (χ3n) is 7.36. The molecule has 0 radical (unpaired) electrons. The van der Waals surface area contributed by atoms with Crippen LogP contribution in [0, 0.1) is 12.8 Å². The Morgan fingerprint density at radius 2 is 1.77 bits per heavy atom. The zero-order valence-corrected chi connectivity index (χ0v) is 23.9. The van der Waals surface area contributed by atoms with Crippen LogP contribution in [0.3, 0.4) is 0 Å². The number of rotatable bonds is 7. The number of amides is 1. The number of ether oxygens (including phenoxy) is 1.